The molecule has 1 aromatic carbocycles. The average Bonchev–Trinajstić information content (AvgIpc) is 3.01. The van der Waals surface area contributed by atoms with E-state index < -0.39 is 4.92 Å². The number of pyridine rings is 1. The maximum atomic E-state index is 11.3. The monoisotopic (exact) mass is 369 g/mol. The van der Waals surface area contributed by atoms with Crippen molar-refractivity contribution in [1.29, 1.82) is 0 Å². The fourth-order valence-corrected chi connectivity index (χ4v) is 2.51. The fraction of sp³-hybridized carbons (Fsp3) is 0.125. The summed E-state index contributed by atoms with van der Waals surface area (Å²) >= 11 is 5.20. The predicted molar refractivity (Wildman–Crippen MR) is 101 cm³/mol. The van der Waals surface area contributed by atoms with E-state index in [1.54, 1.807) is 49.5 Å². The molecule has 0 amide bonds. The zero-order chi connectivity index (χ0) is 18.7. The lowest BCUT2D eigenvalue weighted by molar-refractivity contribution is -0.384. The molecule has 3 aromatic rings. The van der Waals surface area contributed by atoms with E-state index in [1.165, 1.54) is 17.0 Å². The van der Waals surface area contributed by atoms with Gasteiger partial charge in [-0.25, -0.2) is 5.10 Å². The van der Waals surface area contributed by atoms with Crippen molar-refractivity contribution in [3.05, 3.63) is 63.0 Å². The minimum absolute atomic E-state index is 0.000287. The van der Waals surface area contributed by atoms with Gasteiger partial charge in [-0.1, -0.05) is 12.1 Å². The van der Waals surface area contributed by atoms with Crippen molar-refractivity contribution in [1.82, 2.24) is 19.9 Å². The van der Waals surface area contributed by atoms with Crippen LogP contribution in [0.4, 0.5) is 11.4 Å². The van der Waals surface area contributed by atoms with Crippen LogP contribution in [0, 0.1) is 14.9 Å². The van der Waals surface area contributed by atoms with Gasteiger partial charge in [-0.15, -0.1) is 0 Å². The molecule has 0 aliphatic carbocycles. The van der Waals surface area contributed by atoms with Crippen molar-refractivity contribution in [2.24, 2.45) is 5.10 Å². The Labute approximate surface area is 153 Å². The molecule has 132 valence electrons. The molecule has 3 rings (SSSR count). The van der Waals surface area contributed by atoms with E-state index in [4.69, 9.17) is 12.2 Å². The standard InChI is InChI=1S/C16H15N7O2S/c1-21(2)13-7-6-11(9-14(13)23(24)25)10-18-22-15(19-20-16(22)26)12-5-3-4-8-17-12/h3-10H,1-2H3,(H,20,26)/b18-10-. The second kappa shape index (κ2) is 7.23. The highest BCUT2D eigenvalue weighted by molar-refractivity contribution is 7.71. The number of nitro benzene ring substituents is 1. The predicted octanol–water partition coefficient (Wildman–Crippen LogP) is 2.86. The molecule has 10 heteroatoms. The van der Waals surface area contributed by atoms with E-state index in [0.29, 0.717) is 27.5 Å². The van der Waals surface area contributed by atoms with E-state index in [2.05, 4.69) is 20.3 Å². The normalized spacial score (nSPS) is 11.0. The lowest BCUT2D eigenvalue weighted by Crippen LogP contribution is -2.11. The van der Waals surface area contributed by atoms with Crippen molar-refractivity contribution < 1.29 is 4.92 Å². The van der Waals surface area contributed by atoms with Crippen molar-refractivity contribution in [2.45, 2.75) is 0 Å². The van der Waals surface area contributed by atoms with Gasteiger partial charge in [0.15, 0.2) is 0 Å². The molecule has 0 atom stereocenters. The molecule has 0 radical (unpaired) electrons. The second-order valence-electron chi connectivity index (χ2n) is 5.52. The SMILES string of the molecule is CN(C)c1ccc(/C=N\n2c(-c3ccccn3)n[nH]c2=S)cc1[N+](=O)[O-]. The number of aromatic amines is 1. The van der Waals surface area contributed by atoms with Crippen LogP contribution in [0.5, 0.6) is 0 Å². The first-order valence-corrected chi connectivity index (χ1v) is 7.97. The molecule has 0 bridgehead atoms. The topological polar surface area (TPSA) is 105 Å². The van der Waals surface area contributed by atoms with Gasteiger partial charge in [-0.3, -0.25) is 15.1 Å². The summed E-state index contributed by atoms with van der Waals surface area (Å²) in [7, 11) is 3.50. The van der Waals surface area contributed by atoms with Crippen LogP contribution >= 0.6 is 12.2 Å². The van der Waals surface area contributed by atoms with Gasteiger partial charge in [-0.05, 0) is 30.4 Å². The van der Waals surface area contributed by atoms with Gasteiger partial charge >= 0.3 is 0 Å². The summed E-state index contributed by atoms with van der Waals surface area (Å²) in [6.45, 7) is 0. The van der Waals surface area contributed by atoms with Crippen LogP contribution in [0.25, 0.3) is 11.5 Å². The Balaban J connectivity index is 1.99. The molecule has 0 fully saturated rings. The van der Waals surface area contributed by atoms with E-state index in [1.807, 2.05) is 6.07 Å². The molecular formula is C16H15N7O2S. The Morgan fingerprint density at radius 2 is 2.15 bits per heavy atom. The van der Waals surface area contributed by atoms with Gasteiger partial charge in [0.25, 0.3) is 5.69 Å². The van der Waals surface area contributed by atoms with Gasteiger partial charge in [0.1, 0.15) is 11.4 Å². The summed E-state index contributed by atoms with van der Waals surface area (Å²) < 4.78 is 1.71. The van der Waals surface area contributed by atoms with Crippen LogP contribution in [-0.2, 0) is 0 Å². The highest BCUT2D eigenvalue weighted by Gasteiger charge is 2.15. The van der Waals surface area contributed by atoms with Crippen molar-refractivity contribution in [3.63, 3.8) is 0 Å². The number of nitrogens with zero attached hydrogens (tertiary/aromatic N) is 6. The number of benzene rings is 1. The number of nitrogens with one attached hydrogen (secondary N) is 1. The molecular weight excluding hydrogens is 354 g/mol. The van der Waals surface area contributed by atoms with Crippen LogP contribution in [0.2, 0.25) is 0 Å². The lowest BCUT2D eigenvalue weighted by atomic mass is 10.2. The smallest absolute Gasteiger partial charge is 0.293 e. The van der Waals surface area contributed by atoms with Gasteiger partial charge in [-0.2, -0.15) is 14.9 Å². The molecule has 2 aromatic heterocycles. The molecule has 0 saturated carbocycles. The third-order valence-corrected chi connectivity index (χ3v) is 3.81. The molecule has 0 spiro atoms. The number of hydrogen-bond donors (Lipinski definition) is 1. The number of anilines is 1. The average molecular weight is 369 g/mol. The maximum absolute atomic E-state index is 11.3. The Bertz CT molecular complexity index is 1020. The highest BCUT2D eigenvalue weighted by atomic mass is 32.1. The largest absolute Gasteiger partial charge is 0.372 e. The first-order chi connectivity index (χ1) is 12.5. The van der Waals surface area contributed by atoms with Crippen LogP contribution in [-0.4, -0.2) is 45.1 Å². The van der Waals surface area contributed by atoms with Crippen molar-refractivity contribution in [2.75, 3.05) is 19.0 Å². The number of hydrogen-bond acceptors (Lipinski definition) is 7. The van der Waals surface area contributed by atoms with E-state index in [9.17, 15) is 10.1 Å². The van der Waals surface area contributed by atoms with E-state index in [-0.39, 0.29) is 5.69 Å². The number of rotatable bonds is 5. The summed E-state index contributed by atoms with van der Waals surface area (Å²) in [6.07, 6.45) is 3.13. The van der Waals surface area contributed by atoms with E-state index >= 15 is 0 Å². The molecule has 2 heterocycles. The van der Waals surface area contributed by atoms with Gasteiger partial charge < -0.3 is 4.90 Å². The number of nitro groups is 1. The van der Waals surface area contributed by atoms with Gasteiger partial charge in [0.05, 0.1) is 11.1 Å². The lowest BCUT2D eigenvalue weighted by Gasteiger charge is -2.12. The minimum atomic E-state index is -0.421. The van der Waals surface area contributed by atoms with Crippen LogP contribution < -0.4 is 4.90 Å². The second-order valence-corrected chi connectivity index (χ2v) is 5.91. The van der Waals surface area contributed by atoms with Gasteiger partial charge in [0, 0.05) is 31.9 Å². The van der Waals surface area contributed by atoms with Crippen LogP contribution in [0.15, 0.2) is 47.7 Å². The summed E-state index contributed by atoms with van der Waals surface area (Å²) in [5.41, 5.74) is 1.68. The Kier molecular flexibility index (Phi) is 4.85. The fourth-order valence-electron chi connectivity index (χ4n) is 2.33. The zero-order valence-corrected chi connectivity index (χ0v) is 14.8. The Hall–Kier alpha value is -3.40. The first kappa shape index (κ1) is 17.4. The third-order valence-electron chi connectivity index (χ3n) is 3.54. The minimum Gasteiger partial charge on any atom is -0.372 e. The molecule has 0 aliphatic rings. The summed E-state index contributed by atoms with van der Waals surface area (Å²) in [4.78, 5) is 16.8. The molecule has 1 N–H and O–H groups in total. The number of H-pyrrole nitrogens is 1. The molecule has 26 heavy (non-hydrogen) atoms. The molecule has 9 nitrogen and oxygen atoms in total. The van der Waals surface area contributed by atoms with Crippen LogP contribution in [0.3, 0.4) is 0 Å². The molecule has 0 unspecified atom stereocenters. The quantitative estimate of drug-likeness (QED) is 0.321. The van der Waals surface area contributed by atoms with Crippen molar-refractivity contribution in [3.8, 4) is 11.5 Å². The van der Waals surface area contributed by atoms with E-state index in [0.717, 1.165) is 0 Å². The summed E-state index contributed by atoms with van der Waals surface area (Å²) in [5, 5.41) is 22.4. The molecule has 0 aliphatic heterocycles. The van der Waals surface area contributed by atoms with Crippen molar-refractivity contribution >= 4 is 29.8 Å². The Morgan fingerprint density at radius 1 is 1.35 bits per heavy atom. The Morgan fingerprint density at radius 3 is 2.81 bits per heavy atom. The summed E-state index contributed by atoms with van der Waals surface area (Å²) in [5.74, 6) is 0.450. The van der Waals surface area contributed by atoms with Gasteiger partial charge in [0.2, 0.25) is 10.6 Å². The number of aromatic nitrogens is 4. The maximum Gasteiger partial charge on any atom is 0.293 e. The molecule has 0 saturated heterocycles. The third kappa shape index (κ3) is 3.49. The first-order valence-electron chi connectivity index (χ1n) is 7.56. The zero-order valence-electron chi connectivity index (χ0n) is 14.0. The van der Waals surface area contributed by atoms with Crippen LogP contribution in [0.1, 0.15) is 5.56 Å². The summed E-state index contributed by atoms with van der Waals surface area (Å²) in [6, 6.07) is 10.3. The highest BCUT2D eigenvalue weighted by Crippen LogP contribution is 2.27.